The fourth-order valence-corrected chi connectivity index (χ4v) is 3.87. The van der Waals surface area contributed by atoms with E-state index in [2.05, 4.69) is 0 Å². The van der Waals surface area contributed by atoms with Crippen LogP contribution in [0.1, 0.15) is 39.9 Å². The molecule has 2 atom stereocenters. The maximum Gasteiger partial charge on any atom is 0.233 e. The SMILES string of the molecule is Cc1cc(C)c(C(=O)CN2C(=O)[C@H]3CC=CC[C@@H]3C2=O)c(C)c1. The molecule has 1 aromatic carbocycles. The van der Waals surface area contributed by atoms with E-state index in [4.69, 9.17) is 0 Å². The Hall–Kier alpha value is -2.23. The van der Waals surface area contributed by atoms with E-state index in [0.717, 1.165) is 16.7 Å². The summed E-state index contributed by atoms with van der Waals surface area (Å²) in [4.78, 5) is 38.8. The molecule has 1 aliphatic carbocycles. The van der Waals surface area contributed by atoms with Gasteiger partial charge in [-0.15, -0.1) is 0 Å². The average molecular weight is 311 g/mol. The monoisotopic (exact) mass is 311 g/mol. The highest BCUT2D eigenvalue weighted by Gasteiger charge is 2.47. The Labute approximate surface area is 136 Å². The van der Waals surface area contributed by atoms with Gasteiger partial charge in [0, 0.05) is 5.56 Å². The highest BCUT2D eigenvalue weighted by atomic mass is 16.2. The molecule has 2 aliphatic rings. The lowest BCUT2D eigenvalue weighted by atomic mass is 9.85. The van der Waals surface area contributed by atoms with Crippen LogP contribution >= 0.6 is 0 Å². The highest BCUT2D eigenvalue weighted by molar-refractivity contribution is 6.10. The number of carbonyl (C=O) groups is 3. The predicted molar refractivity (Wildman–Crippen MR) is 87.1 cm³/mol. The summed E-state index contributed by atoms with van der Waals surface area (Å²) in [6, 6.07) is 3.91. The number of fused-ring (bicyclic) bond motifs is 1. The average Bonchev–Trinajstić information content (AvgIpc) is 2.72. The zero-order valence-corrected chi connectivity index (χ0v) is 13.8. The molecule has 0 bridgehead atoms. The van der Waals surface area contributed by atoms with Crippen LogP contribution < -0.4 is 0 Å². The molecule has 0 N–H and O–H groups in total. The van der Waals surface area contributed by atoms with Crippen LogP contribution in [0.3, 0.4) is 0 Å². The molecule has 0 aromatic heterocycles. The molecule has 0 radical (unpaired) electrons. The molecule has 2 amide bonds. The summed E-state index contributed by atoms with van der Waals surface area (Å²) in [6.07, 6.45) is 5.10. The summed E-state index contributed by atoms with van der Waals surface area (Å²) in [7, 11) is 0. The second-order valence-corrected chi connectivity index (χ2v) is 6.62. The summed E-state index contributed by atoms with van der Waals surface area (Å²) >= 11 is 0. The Balaban J connectivity index is 1.84. The van der Waals surface area contributed by atoms with Crippen molar-refractivity contribution in [3.63, 3.8) is 0 Å². The Morgan fingerprint density at radius 3 is 1.96 bits per heavy atom. The summed E-state index contributed by atoms with van der Waals surface area (Å²) in [5.41, 5.74) is 3.52. The molecule has 0 spiro atoms. The van der Waals surface area contributed by atoms with Crippen molar-refractivity contribution in [2.75, 3.05) is 6.54 Å². The minimum atomic E-state index is -0.277. The number of amides is 2. The Kier molecular flexibility index (Phi) is 3.92. The lowest BCUT2D eigenvalue weighted by Gasteiger charge is -2.16. The maximum atomic E-state index is 12.7. The number of aryl methyl sites for hydroxylation is 3. The molecule has 0 saturated carbocycles. The zero-order chi connectivity index (χ0) is 16.7. The van der Waals surface area contributed by atoms with Gasteiger partial charge in [0.2, 0.25) is 11.8 Å². The number of likely N-dealkylation sites (tertiary alicyclic amines) is 1. The topological polar surface area (TPSA) is 54.5 Å². The first-order valence-electron chi connectivity index (χ1n) is 8.01. The summed E-state index contributed by atoms with van der Waals surface area (Å²) in [5.74, 6) is -1.10. The molecule has 23 heavy (non-hydrogen) atoms. The molecule has 1 aliphatic heterocycles. The van der Waals surface area contributed by atoms with Gasteiger partial charge in [-0.1, -0.05) is 29.8 Å². The molecule has 1 aromatic rings. The van der Waals surface area contributed by atoms with Crippen molar-refractivity contribution < 1.29 is 14.4 Å². The summed E-state index contributed by atoms with van der Waals surface area (Å²) in [5, 5.41) is 0. The van der Waals surface area contributed by atoms with E-state index in [1.54, 1.807) is 0 Å². The van der Waals surface area contributed by atoms with Crippen molar-refractivity contribution in [1.82, 2.24) is 4.90 Å². The first kappa shape index (κ1) is 15.7. The van der Waals surface area contributed by atoms with Crippen molar-refractivity contribution in [1.29, 1.82) is 0 Å². The van der Waals surface area contributed by atoms with Gasteiger partial charge >= 0.3 is 0 Å². The van der Waals surface area contributed by atoms with Crippen molar-refractivity contribution in [3.05, 3.63) is 46.5 Å². The van der Waals surface area contributed by atoms with Gasteiger partial charge in [-0.05, 0) is 44.7 Å². The number of benzene rings is 1. The van der Waals surface area contributed by atoms with Crippen LogP contribution in [0.25, 0.3) is 0 Å². The molecule has 3 rings (SSSR count). The maximum absolute atomic E-state index is 12.7. The molecular formula is C19H21NO3. The van der Waals surface area contributed by atoms with E-state index in [1.807, 2.05) is 45.1 Å². The van der Waals surface area contributed by atoms with E-state index in [9.17, 15) is 14.4 Å². The van der Waals surface area contributed by atoms with E-state index in [-0.39, 0.29) is 36.0 Å². The molecule has 1 fully saturated rings. The van der Waals surface area contributed by atoms with E-state index in [0.29, 0.717) is 18.4 Å². The number of Topliss-reactive ketones (excluding diaryl/α,β-unsaturated/α-hetero) is 1. The second kappa shape index (κ2) is 5.76. The van der Waals surface area contributed by atoms with E-state index >= 15 is 0 Å². The quantitative estimate of drug-likeness (QED) is 0.490. The molecule has 0 unspecified atom stereocenters. The molecule has 4 nitrogen and oxygen atoms in total. The van der Waals surface area contributed by atoms with Crippen molar-refractivity contribution in [2.45, 2.75) is 33.6 Å². The number of hydrogen-bond acceptors (Lipinski definition) is 3. The van der Waals surface area contributed by atoms with Crippen LogP contribution in [0.2, 0.25) is 0 Å². The minimum absolute atomic E-state index is 0.143. The van der Waals surface area contributed by atoms with Gasteiger partial charge in [0.1, 0.15) is 0 Å². The Morgan fingerprint density at radius 2 is 1.48 bits per heavy atom. The van der Waals surface area contributed by atoms with Gasteiger partial charge in [-0.3, -0.25) is 19.3 Å². The van der Waals surface area contributed by atoms with Crippen LogP contribution in [-0.4, -0.2) is 29.0 Å². The lowest BCUT2D eigenvalue weighted by Crippen LogP contribution is -2.36. The minimum Gasteiger partial charge on any atom is -0.292 e. The van der Waals surface area contributed by atoms with E-state index < -0.39 is 0 Å². The molecule has 4 heteroatoms. The summed E-state index contributed by atoms with van der Waals surface area (Å²) in [6.45, 7) is 5.63. The number of carbonyl (C=O) groups excluding carboxylic acids is 3. The van der Waals surface area contributed by atoms with Gasteiger partial charge in [-0.25, -0.2) is 0 Å². The van der Waals surface area contributed by atoms with Gasteiger partial charge in [0.05, 0.1) is 18.4 Å². The number of allylic oxidation sites excluding steroid dienone is 2. The van der Waals surface area contributed by atoms with Crippen molar-refractivity contribution >= 4 is 17.6 Å². The predicted octanol–water partition coefficient (Wildman–Crippen LogP) is 2.75. The molecule has 1 heterocycles. The Bertz CT molecular complexity index is 683. The first-order chi connectivity index (χ1) is 10.9. The fourth-order valence-electron chi connectivity index (χ4n) is 3.87. The van der Waals surface area contributed by atoms with Gasteiger partial charge in [-0.2, -0.15) is 0 Å². The van der Waals surface area contributed by atoms with Crippen LogP contribution in [0, 0.1) is 32.6 Å². The normalized spacial score (nSPS) is 23.3. The third kappa shape index (κ3) is 2.62. The van der Waals surface area contributed by atoms with Gasteiger partial charge in [0.25, 0.3) is 0 Å². The van der Waals surface area contributed by atoms with Gasteiger partial charge in [0.15, 0.2) is 5.78 Å². The summed E-state index contributed by atoms with van der Waals surface area (Å²) < 4.78 is 0. The largest absolute Gasteiger partial charge is 0.292 e. The number of hydrogen-bond donors (Lipinski definition) is 0. The van der Waals surface area contributed by atoms with Crippen LogP contribution in [0.15, 0.2) is 24.3 Å². The number of imide groups is 1. The van der Waals surface area contributed by atoms with Crippen LogP contribution in [-0.2, 0) is 9.59 Å². The Morgan fingerprint density at radius 1 is 1.00 bits per heavy atom. The van der Waals surface area contributed by atoms with Crippen LogP contribution in [0.5, 0.6) is 0 Å². The van der Waals surface area contributed by atoms with Gasteiger partial charge < -0.3 is 0 Å². The van der Waals surface area contributed by atoms with E-state index in [1.165, 1.54) is 4.90 Å². The first-order valence-corrected chi connectivity index (χ1v) is 8.01. The molecule has 1 saturated heterocycles. The highest BCUT2D eigenvalue weighted by Crippen LogP contribution is 2.35. The van der Waals surface area contributed by atoms with Crippen LogP contribution in [0.4, 0.5) is 0 Å². The fraction of sp³-hybridized carbons (Fsp3) is 0.421. The van der Waals surface area contributed by atoms with Crippen molar-refractivity contribution in [2.24, 2.45) is 11.8 Å². The molecular weight excluding hydrogens is 290 g/mol. The van der Waals surface area contributed by atoms with Crippen molar-refractivity contribution in [3.8, 4) is 0 Å². The number of nitrogens with zero attached hydrogens (tertiary/aromatic N) is 1. The zero-order valence-electron chi connectivity index (χ0n) is 13.8. The number of rotatable bonds is 3. The lowest BCUT2D eigenvalue weighted by molar-refractivity contribution is -0.139. The third-order valence-electron chi connectivity index (χ3n) is 4.86. The second-order valence-electron chi connectivity index (χ2n) is 6.62. The number of ketones is 1. The smallest absolute Gasteiger partial charge is 0.233 e. The molecule has 120 valence electrons. The third-order valence-corrected chi connectivity index (χ3v) is 4.86. The standard InChI is InChI=1S/C19H21NO3/c1-11-8-12(2)17(13(3)9-11)16(21)10-20-18(22)14-6-4-5-7-15(14)19(20)23/h4-5,8-9,14-15H,6-7,10H2,1-3H3/t14-,15-/m0/s1.